The zero-order chi connectivity index (χ0) is 12.6. The SMILES string of the molecule is N[C@H](c1cccc(C(F)(F)F)c1Cl)C1CCC1. The van der Waals surface area contributed by atoms with Gasteiger partial charge in [-0.3, -0.25) is 0 Å². The van der Waals surface area contributed by atoms with E-state index in [1.54, 1.807) is 6.07 Å². The summed E-state index contributed by atoms with van der Waals surface area (Å²) in [7, 11) is 0. The highest BCUT2D eigenvalue weighted by Crippen LogP contribution is 2.42. The molecule has 0 aliphatic heterocycles. The molecule has 2 N–H and O–H groups in total. The third-order valence-electron chi connectivity index (χ3n) is 3.35. The molecule has 0 spiro atoms. The van der Waals surface area contributed by atoms with Gasteiger partial charge in [-0.2, -0.15) is 13.2 Å². The van der Waals surface area contributed by atoms with Gasteiger partial charge in [0.25, 0.3) is 0 Å². The predicted octanol–water partition coefficient (Wildman–Crippen LogP) is 4.16. The molecule has 1 aromatic carbocycles. The van der Waals surface area contributed by atoms with E-state index in [1.807, 2.05) is 0 Å². The lowest BCUT2D eigenvalue weighted by atomic mass is 9.77. The number of halogens is 4. The van der Waals surface area contributed by atoms with E-state index in [0.717, 1.165) is 25.3 Å². The van der Waals surface area contributed by atoms with Crippen LogP contribution in [-0.2, 0) is 6.18 Å². The van der Waals surface area contributed by atoms with E-state index < -0.39 is 17.8 Å². The topological polar surface area (TPSA) is 26.0 Å². The van der Waals surface area contributed by atoms with Crippen LogP contribution in [0.5, 0.6) is 0 Å². The first kappa shape index (κ1) is 12.7. The molecule has 1 aliphatic carbocycles. The number of benzene rings is 1. The molecule has 0 radical (unpaired) electrons. The van der Waals surface area contributed by atoms with Crippen LogP contribution in [0, 0.1) is 5.92 Å². The van der Waals surface area contributed by atoms with E-state index in [-0.39, 0.29) is 10.9 Å². The summed E-state index contributed by atoms with van der Waals surface area (Å²) in [6.45, 7) is 0. The van der Waals surface area contributed by atoms with Gasteiger partial charge in [0.2, 0.25) is 0 Å². The smallest absolute Gasteiger partial charge is 0.324 e. The van der Waals surface area contributed by atoms with Crippen molar-refractivity contribution in [3.8, 4) is 0 Å². The summed E-state index contributed by atoms with van der Waals surface area (Å²) < 4.78 is 38.0. The van der Waals surface area contributed by atoms with Gasteiger partial charge in [-0.25, -0.2) is 0 Å². The summed E-state index contributed by atoms with van der Waals surface area (Å²) in [4.78, 5) is 0. The molecule has 0 bridgehead atoms. The van der Waals surface area contributed by atoms with Crippen molar-refractivity contribution in [2.24, 2.45) is 11.7 Å². The molecule has 0 heterocycles. The Labute approximate surface area is 103 Å². The molecule has 5 heteroatoms. The Kier molecular flexibility index (Phi) is 3.36. The van der Waals surface area contributed by atoms with Gasteiger partial charge < -0.3 is 5.73 Å². The minimum absolute atomic E-state index is 0.251. The van der Waals surface area contributed by atoms with Crippen LogP contribution in [0.4, 0.5) is 13.2 Å². The molecular formula is C12H13ClF3N. The average molecular weight is 264 g/mol. The lowest BCUT2D eigenvalue weighted by Gasteiger charge is -2.32. The van der Waals surface area contributed by atoms with Gasteiger partial charge in [0.05, 0.1) is 10.6 Å². The standard InChI is InChI=1S/C12H13ClF3N/c13-10-8(11(17)7-3-1-4-7)5-2-6-9(10)12(14,15)16/h2,5-7,11H,1,3-4,17H2/t11-/m0/s1. The maximum Gasteiger partial charge on any atom is 0.417 e. The van der Waals surface area contributed by atoms with Crippen molar-refractivity contribution in [2.75, 3.05) is 0 Å². The van der Waals surface area contributed by atoms with Crippen molar-refractivity contribution in [2.45, 2.75) is 31.5 Å². The molecular weight excluding hydrogens is 251 g/mol. The first-order chi connectivity index (χ1) is 7.91. The van der Waals surface area contributed by atoms with E-state index >= 15 is 0 Å². The first-order valence-electron chi connectivity index (χ1n) is 5.52. The fourth-order valence-electron chi connectivity index (χ4n) is 2.08. The lowest BCUT2D eigenvalue weighted by Crippen LogP contribution is -2.27. The number of rotatable bonds is 2. The molecule has 1 fully saturated rings. The molecule has 94 valence electrons. The molecule has 0 saturated heterocycles. The Morgan fingerprint density at radius 3 is 2.41 bits per heavy atom. The monoisotopic (exact) mass is 263 g/mol. The molecule has 1 atom stereocenters. The van der Waals surface area contributed by atoms with Gasteiger partial charge in [-0.05, 0) is 30.4 Å². The van der Waals surface area contributed by atoms with Gasteiger partial charge in [0.15, 0.2) is 0 Å². The Bertz CT molecular complexity index is 413. The molecule has 0 unspecified atom stereocenters. The lowest BCUT2D eigenvalue weighted by molar-refractivity contribution is -0.137. The first-order valence-corrected chi connectivity index (χ1v) is 5.90. The minimum Gasteiger partial charge on any atom is -0.324 e. The van der Waals surface area contributed by atoms with E-state index in [0.29, 0.717) is 5.56 Å². The van der Waals surface area contributed by atoms with E-state index in [9.17, 15) is 13.2 Å². The van der Waals surface area contributed by atoms with Gasteiger partial charge in [0.1, 0.15) is 0 Å². The number of alkyl halides is 3. The van der Waals surface area contributed by atoms with Crippen molar-refractivity contribution >= 4 is 11.6 Å². The quantitative estimate of drug-likeness (QED) is 0.852. The Morgan fingerprint density at radius 1 is 1.29 bits per heavy atom. The largest absolute Gasteiger partial charge is 0.417 e. The average Bonchev–Trinajstić information content (AvgIpc) is 2.13. The van der Waals surface area contributed by atoms with Crippen LogP contribution in [0.25, 0.3) is 0 Å². The molecule has 0 amide bonds. The van der Waals surface area contributed by atoms with Crippen molar-refractivity contribution < 1.29 is 13.2 Å². The summed E-state index contributed by atoms with van der Waals surface area (Å²) in [6, 6.07) is 3.54. The van der Waals surface area contributed by atoms with E-state index in [1.165, 1.54) is 6.07 Å². The minimum atomic E-state index is -4.42. The van der Waals surface area contributed by atoms with Crippen LogP contribution >= 0.6 is 11.6 Å². The maximum atomic E-state index is 12.7. The zero-order valence-corrected chi connectivity index (χ0v) is 9.85. The summed E-state index contributed by atoms with van der Waals surface area (Å²) in [5.41, 5.74) is 5.57. The maximum absolute atomic E-state index is 12.7. The van der Waals surface area contributed by atoms with Crippen molar-refractivity contribution in [1.82, 2.24) is 0 Å². The van der Waals surface area contributed by atoms with Gasteiger partial charge in [-0.1, -0.05) is 30.2 Å². The molecule has 17 heavy (non-hydrogen) atoms. The summed E-state index contributed by atoms with van der Waals surface area (Å²) >= 11 is 5.81. The number of nitrogens with two attached hydrogens (primary N) is 1. The molecule has 1 nitrogen and oxygen atoms in total. The predicted molar refractivity (Wildman–Crippen MR) is 60.7 cm³/mol. The van der Waals surface area contributed by atoms with Gasteiger partial charge in [0, 0.05) is 6.04 Å². The van der Waals surface area contributed by atoms with Crippen LogP contribution in [0.15, 0.2) is 18.2 Å². The van der Waals surface area contributed by atoms with Crippen LogP contribution < -0.4 is 5.73 Å². The molecule has 1 saturated carbocycles. The molecule has 0 aromatic heterocycles. The van der Waals surface area contributed by atoms with Crippen molar-refractivity contribution in [3.05, 3.63) is 34.3 Å². The Hall–Kier alpha value is -0.740. The molecule has 1 aliphatic rings. The van der Waals surface area contributed by atoms with Gasteiger partial charge in [-0.15, -0.1) is 0 Å². The number of hydrogen-bond donors (Lipinski definition) is 1. The molecule has 2 rings (SSSR count). The third-order valence-corrected chi connectivity index (χ3v) is 3.77. The number of hydrogen-bond acceptors (Lipinski definition) is 1. The third kappa shape index (κ3) is 2.43. The van der Waals surface area contributed by atoms with E-state index in [4.69, 9.17) is 17.3 Å². The van der Waals surface area contributed by atoms with Gasteiger partial charge >= 0.3 is 6.18 Å². The van der Waals surface area contributed by atoms with Crippen LogP contribution in [0.1, 0.15) is 36.4 Å². The second kappa shape index (κ2) is 4.50. The fraction of sp³-hybridized carbons (Fsp3) is 0.500. The summed E-state index contributed by atoms with van der Waals surface area (Å²) in [5, 5.41) is -0.251. The van der Waals surface area contributed by atoms with E-state index in [2.05, 4.69) is 0 Å². The normalized spacial score (nSPS) is 18.9. The highest BCUT2D eigenvalue weighted by atomic mass is 35.5. The second-order valence-corrected chi connectivity index (χ2v) is 4.80. The second-order valence-electron chi connectivity index (χ2n) is 4.42. The highest BCUT2D eigenvalue weighted by Gasteiger charge is 2.35. The Balaban J connectivity index is 2.35. The van der Waals surface area contributed by atoms with Crippen LogP contribution in [0.3, 0.4) is 0 Å². The van der Waals surface area contributed by atoms with Crippen molar-refractivity contribution in [1.29, 1.82) is 0 Å². The van der Waals surface area contributed by atoms with Crippen LogP contribution in [-0.4, -0.2) is 0 Å². The highest BCUT2D eigenvalue weighted by molar-refractivity contribution is 6.32. The fourth-order valence-corrected chi connectivity index (χ4v) is 2.44. The van der Waals surface area contributed by atoms with Crippen LogP contribution in [0.2, 0.25) is 5.02 Å². The Morgan fingerprint density at radius 2 is 1.94 bits per heavy atom. The molecule has 1 aromatic rings. The summed E-state index contributed by atoms with van der Waals surface area (Å²) in [5.74, 6) is 0.260. The summed E-state index contributed by atoms with van der Waals surface area (Å²) in [6.07, 6.45) is -1.40. The zero-order valence-electron chi connectivity index (χ0n) is 9.10. The van der Waals surface area contributed by atoms with Crippen molar-refractivity contribution in [3.63, 3.8) is 0 Å².